The number of carbonyl (C=O) groups is 1. The van der Waals surface area contributed by atoms with Crippen LogP contribution in [0.4, 0.5) is 17.1 Å². The van der Waals surface area contributed by atoms with Gasteiger partial charge in [-0.1, -0.05) is 55.8 Å². The van der Waals surface area contributed by atoms with E-state index in [4.69, 9.17) is 17.3 Å². The highest BCUT2D eigenvalue weighted by atomic mass is 35.5. The summed E-state index contributed by atoms with van der Waals surface area (Å²) in [6.07, 6.45) is 1.91. The number of nitrogens with one attached hydrogen (secondary N) is 2. The van der Waals surface area contributed by atoms with E-state index in [1.807, 2.05) is 48.5 Å². The van der Waals surface area contributed by atoms with Gasteiger partial charge in [0.1, 0.15) is 0 Å². The van der Waals surface area contributed by atoms with Gasteiger partial charge in [-0.15, -0.1) is 0 Å². The second-order valence-corrected chi connectivity index (χ2v) is 8.48. The Morgan fingerprint density at radius 2 is 1.90 bits per heavy atom. The molecule has 154 valence electrons. The molecule has 0 aliphatic heterocycles. The summed E-state index contributed by atoms with van der Waals surface area (Å²) in [5.74, 6) is 0.0177. The SMILES string of the molecule is CC(C)c1c(C(=O)N[C@H]2CCc3ccccc32)ccc(Nc2cccc(Cl)c2)c1N. The molecule has 1 atom stereocenters. The maximum absolute atomic E-state index is 13.2. The molecule has 3 aromatic rings. The Labute approximate surface area is 182 Å². The van der Waals surface area contributed by atoms with Gasteiger partial charge in [-0.2, -0.15) is 0 Å². The van der Waals surface area contributed by atoms with Crippen LogP contribution >= 0.6 is 11.6 Å². The second kappa shape index (κ2) is 8.41. The zero-order valence-electron chi connectivity index (χ0n) is 17.2. The number of anilines is 3. The van der Waals surface area contributed by atoms with Crippen LogP contribution in [0.5, 0.6) is 0 Å². The van der Waals surface area contributed by atoms with Crippen molar-refractivity contribution < 1.29 is 4.79 Å². The summed E-state index contributed by atoms with van der Waals surface area (Å²) in [6, 6.07) is 19.5. The van der Waals surface area contributed by atoms with Gasteiger partial charge in [0.2, 0.25) is 0 Å². The first-order valence-corrected chi connectivity index (χ1v) is 10.7. The average molecular weight is 420 g/mol. The van der Waals surface area contributed by atoms with Crippen molar-refractivity contribution in [1.82, 2.24) is 5.32 Å². The molecule has 1 aliphatic rings. The number of halogens is 1. The lowest BCUT2D eigenvalue weighted by atomic mass is 9.93. The molecule has 30 heavy (non-hydrogen) atoms. The van der Waals surface area contributed by atoms with Crippen molar-refractivity contribution in [2.75, 3.05) is 11.1 Å². The molecule has 4 nitrogen and oxygen atoms in total. The number of hydrogen-bond acceptors (Lipinski definition) is 3. The minimum absolute atomic E-state index is 0.0409. The van der Waals surface area contributed by atoms with E-state index in [1.54, 1.807) is 0 Å². The first-order chi connectivity index (χ1) is 14.4. The molecule has 0 heterocycles. The topological polar surface area (TPSA) is 67.2 Å². The van der Waals surface area contributed by atoms with Crippen molar-refractivity contribution in [2.24, 2.45) is 0 Å². The van der Waals surface area contributed by atoms with Crippen molar-refractivity contribution in [3.8, 4) is 0 Å². The molecule has 0 saturated carbocycles. The summed E-state index contributed by atoms with van der Waals surface area (Å²) in [5.41, 5.74) is 12.7. The molecule has 3 aromatic carbocycles. The number of hydrogen-bond donors (Lipinski definition) is 3. The van der Waals surface area contributed by atoms with E-state index >= 15 is 0 Å². The van der Waals surface area contributed by atoms with E-state index < -0.39 is 0 Å². The van der Waals surface area contributed by atoms with E-state index in [1.165, 1.54) is 11.1 Å². The van der Waals surface area contributed by atoms with E-state index in [-0.39, 0.29) is 17.9 Å². The van der Waals surface area contributed by atoms with Gasteiger partial charge in [0.15, 0.2) is 0 Å². The molecule has 1 amide bonds. The third kappa shape index (κ3) is 4.01. The van der Waals surface area contributed by atoms with Gasteiger partial charge in [-0.25, -0.2) is 0 Å². The van der Waals surface area contributed by atoms with Gasteiger partial charge in [-0.3, -0.25) is 4.79 Å². The Bertz CT molecular complexity index is 1090. The number of aryl methyl sites for hydroxylation is 1. The quantitative estimate of drug-likeness (QED) is 0.431. The molecule has 0 spiro atoms. The average Bonchev–Trinajstić information content (AvgIpc) is 3.12. The maximum atomic E-state index is 13.2. The summed E-state index contributed by atoms with van der Waals surface area (Å²) in [4.78, 5) is 13.2. The lowest BCUT2D eigenvalue weighted by molar-refractivity contribution is 0.0935. The van der Waals surface area contributed by atoms with Crippen LogP contribution in [0.3, 0.4) is 0 Å². The lowest BCUT2D eigenvalue weighted by Crippen LogP contribution is -2.28. The van der Waals surface area contributed by atoms with E-state index in [9.17, 15) is 4.79 Å². The first kappa shape index (κ1) is 20.3. The standard InChI is InChI=1S/C25H26ClN3O/c1-15(2)23-20(25(30)29-21-12-10-16-6-3-4-9-19(16)21)11-13-22(24(23)27)28-18-8-5-7-17(26)14-18/h3-9,11,13-15,21,28H,10,12,27H2,1-2H3,(H,29,30)/t21-/m0/s1. The van der Waals surface area contributed by atoms with Gasteiger partial charge < -0.3 is 16.4 Å². The fourth-order valence-corrected chi connectivity index (χ4v) is 4.42. The van der Waals surface area contributed by atoms with Crippen LogP contribution in [0, 0.1) is 0 Å². The van der Waals surface area contributed by atoms with E-state index in [0.29, 0.717) is 16.3 Å². The number of benzene rings is 3. The largest absolute Gasteiger partial charge is 0.397 e. The van der Waals surface area contributed by atoms with Gasteiger partial charge in [0.25, 0.3) is 5.91 Å². The lowest BCUT2D eigenvalue weighted by Gasteiger charge is -2.21. The van der Waals surface area contributed by atoms with E-state index in [0.717, 1.165) is 29.8 Å². The number of nitrogen functional groups attached to an aromatic ring is 1. The fraction of sp³-hybridized carbons (Fsp3) is 0.240. The molecule has 1 aliphatic carbocycles. The Balaban J connectivity index is 1.62. The van der Waals surface area contributed by atoms with Crippen molar-refractivity contribution in [3.05, 3.63) is 87.9 Å². The summed E-state index contributed by atoms with van der Waals surface area (Å²) < 4.78 is 0. The summed E-state index contributed by atoms with van der Waals surface area (Å²) in [7, 11) is 0. The van der Waals surface area contributed by atoms with Crippen molar-refractivity contribution in [1.29, 1.82) is 0 Å². The first-order valence-electron chi connectivity index (χ1n) is 10.3. The minimum atomic E-state index is -0.0820. The monoisotopic (exact) mass is 419 g/mol. The van der Waals surface area contributed by atoms with Crippen LogP contribution in [0.1, 0.15) is 59.3 Å². The third-order valence-corrected chi connectivity index (χ3v) is 5.89. The van der Waals surface area contributed by atoms with Crippen LogP contribution in [0.25, 0.3) is 0 Å². The van der Waals surface area contributed by atoms with Crippen molar-refractivity contribution in [2.45, 2.75) is 38.6 Å². The zero-order chi connectivity index (χ0) is 21.3. The van der Waals surface area contributed by atoms with E-state index in [2.05, 4.69) is 36.6 Å². The highest BCUT2D eigenvalue weighted by Crippen LogP contribution is 2.36. The number of rotatable bonds is 5. The fourth-order valence-electron chi connectivity index (χ4n) is 4.23. The van der Waals surface area contributed by atoms with Crippen LogP contribution in [-0.2, 0) is 6.42 Å². The summed E-state index contributed by atoms with van der Waals surface area (Å²) >= 11 is 6.09. The van der Waals surface area contributed by atoms with Crippen molar-refractivity contribution in [3.63, 3.8) is 0 Å². The predicted octanol–water partition coefficient (Wildman–Crippen LogP) is 6.21. The number of amides is 1. The molecule has 4 N–H and O–H groups in total. The molecule has 0 aromatic heterocycles. The summed E-state index contributed by atoms with van der Waals surface area (Å²) in [5, 5.41) is 7.19. The third-order valence-electron chi connectivity index (χ3n) is 5.65. The predicted molar refractivity (Wildman–Crippen MR) is 125 cm³/mol. The highest BCUT2D eigenvalue weighted by Gasteiger charge is 2.26. The van der Waals surface area contributed by atoms with Gasteiger partial charge in [0, 0.05) is 16.3 Å². The van der Waals surface area contributed by atoms with Crippen LogP contribution in [0.2, 0.25) is 5.02 Å². The second-order valence-electron chi connectivity index (χ2n) is 8.04. The maximum Gasteiger partial charge on any atom is 0.252 e. The van der Waals surface area contributed by atoms with Gasteiger partial charge in [0.05, 0.1) is 17.4 Å². The Hall–Kier alpha value is -2.98. The molecule has 0 bridgehead atoms. The molecule has 0 radical (unpaired) electrons. The van der Waals surface area contributed by atoms with Gasteiger partial charge in [-0.05, 0) is 65.8 Å². The summed E-state index contributed by atoms with van der Waals surface area (Å²) in [6.45, 7) is 4.10. The number of fused-ring (bicyclic) bond motifs is 1. The molecule has 0 unspecified atom stereocenters. The Morgan fingerprint density at radius 3 is 2.67 bits per heavy atom. The van der Waals surface area contributed by atoms with Crippen LogP contribution in [-0.4, -0.2) is 5.91 Å². The molecular formula is C25H26ClN3O. The highest BCUT2D eigenvalue weighted by molar-refractivity contribution is 6.30. The molecule has 0 fully saturated rings. The molecular weight excluding hydrogens is 394 g/mol. The Morgan fingerprint density at radius 1 is 1.10 bits per heavy atom. The smallest absolute Gasteiger partial charge is 0.252 e. The number of carbonyl (C=O) groups excluding carboxylic acids is 1. The normalized spacial score (nSPS) is 15.1. The Kier molecular flexibility index (Phi) is 5.69. The minimum Gasteiger partial charge on any atom is -0.397 e. The molecule has 0 saturated heterocycles. The molecule has 5 heteroatoms. The zero-order valence-corrected chi connectivity index (χ0v) is 18.0. The molecule has 4 rings (SSSR count). The van der Waals surface area contributed by atoms with Gasteiger partial charge >= 0.3 is 0 Å². The van der Waals surface area contributed by atoms with Crippen LogP contribution in [0.15, 0.2) is 60.7 Å². The van der Waals surface area contributed by atoms with Crippen LogP contribution < -0.4 is 16.4 Å². The number of nitrogens with two attached hydrogens (primary N) is 1. The van der Waals surface area contributed by atoms with Crippen molar-refractivity contribution >= 4 is 34.6 Å².